The molecule has 1 aliphatic rings. The van der Waals surface area contributed by atoms with Crippen LogP contribution < -0.4 is 5.32 Å². The minimum Gasteiger partial charge on any atom is -0.459 e. The largest absolute Gasteiger partial charge is 0.459 e. The third-order valence-corrected chi connectivity index (χ3v) is 7.00. The number of carbonyl (C=O) groups excluding carboxylic acids is 1. The number of nitrogens with zero attached hydrogens (tertiary/aromatic N) is 2. The number of aromatic nitrogens is 1. The van der Waals surface area contributed by atoms with Gasteiger partial charge in [0.1, 0.15) is 5.00 Å². The van der Waals surface area contributed by atoms with E-state index in [0.717, 1.165) is 29.6 Å². The highest BCUT2D eigenvalue weighted by Gasteiger charge is 2.31. The predicted octanol–water partition coefficient (Wildman–Crippen LogP) is 5.43. The van der Waals surface area contributed by atoms with Crippen molar-refractivity contribution in [1.82, 2.24) is 9.88 Å². The van der Waals surface area contributed by atoms with Crippen molar-refractivity contribution in [2.24, 2.45) is 5.92 Å². The third kappa shape index (κ3) is 4.14. The highest BCUT2D eigenvalue weighted by molar-refractivity contribution is 7.16. The first-order valence-electron chi connectivity index (χ1n) is 10.1. The van der Waals surface area contributed by atoms with Crippen molar-refractivity contribution < 1.29 is 9.21 Å². The number of likely N-dealkylation sites (tertiary alicyclic amines) is 1. The maximum atomic E-state index is 12.7. The molecule has 1 fully saturated rings. The van der Waals surface area contributed by atoms with E-state index in [1.807, 2.05) is 18.5 Å². The van der Waals surface area contributed by atoms with Crippen molar-refractivity contribution in [3.8, 4) is 0 Å². The Morgan fingerprint density at radius 3 is 2.72 bits per heavy atom. The van der Waals surface area contributed by atoms with Gasteiger partial charge in [-0.2, -0.15) is 0 Å². The Bertz CT molecular complexity index is 958. The molecule has 3 aromatic heterocycles. The first-order valence-corrected chi connectivity index (χ1v) is 10.9. The summed E-state index contributed by atoms with van der Waals surface area (Å²) in [6.07, 6.45) is 7.66. The van der Waals surface area contributed by atoms with Crippen molar-refractivity contribution in [2.75, 3.05) is 18.4 Å². The second-order valence-corrected chi connectivity index (χ2v) is 9.09. The van der Waals surface area contributed by atoms with Crippen LogP contribution in [0.2, 0.25) is 0 Å². The Labute approximate surface area is 175 Å². The Kier molecular flexibility index (Phi) is 5.83. The zero-order valence-corrected chi connectivity index (χ0v) is 18.0. The molecule has 0 aliphatic carbocycles. The van der Waals surface area contributed by atoms with Crippen molar-refractivity contribution in [2.45, 2.75) is 39.7 Å². The van der Waals surface area contributed by atoms with Gasteiger partial charge in [-0.1, -0.05) is 13.0 Å². The van der Waals surface area contributed by atoms with Gasteiger partial charge >= 0.3 is 0 Å². The van der Waals surface area contributed by atoms with Crippen LogP contribution in [0.3, 0.4) is 0 Å². The first kappa shape index (κ1) is 19.9. The second-order valence-electron chi connectivity index (χ2n) is 7.86. The molecule has 1 aliphatic heterocycles. The summed E-state index contributed by atoms with van der Waals surface area (Å²) in [5.41, 5.74) is 3.57. The number of nitrogens with one attached hydrogen (secondary N) is 1. The molecular weight excluding hydrogens is 382 g/mol. The summed E-state index contributed by atoms with van der Waals surface area (Å²) in [5, 5.41) is 4.01. The van der Waals surface area contributed by atoms with Gasteiger partial charge in [-0.25, -0.2) is 0 Å². The van der Waals surface area contributed by atoms with Gasteiger partial charge in [-0.15, -0.1) is 11.3 Å². The number of anilines is 1. The molecule has 0 radical (unpaired) electrons. The lowest BCUT2D eigenvalue weighted by molar-refractivity contribution is 0.0996. The van der Waals surface area contributed by atoms with E-state index in [0.29, 0.717) is 5.76 Å². The molecule has 0 aromatic carbocycles. The fourth-order valence-corrected chi connectivity index (χ4v) is 5.11. The molecule has 1 saturated heterocycles. The van der Waals surface area contributed by atoms with Crippen LogP contribution in [-0.2, 0) is 0 Å². The number of aryl methyl sites for hydroxylation is 1. The van der Waals surface area contributed by atoms with Gasteiger partial charge in [0.05, 0.1) is 12.3 Å². The molecule has 3 aromatic rings. The summed E-state index contributed by atoms with van der Waals surface area (Å²) in [6, 6.07) is 7.62. The van der Waals surface area contributed by atoms with Gasteiger partial charge in [0, 0.05) is 22.8 Å². The highest BCUT2D eigenvalue weighted by Crippen LogP contribution is 2.43. The summed E-state index contributed by atoms with van der Waals surface area (Å²) in [4.78, 5) is 20.8. The molecule has 29 heavy (non-hydrogen) atoms. The number of amides is 1. The van der Waals surface area contributed by atoms with Crippen molar-refractivity contribution in [3.63, 3.8) is 0 Å². The smallest absolute Gasteiger partial charge is 0.291 e. The second kappa shape index (κ2) is 8.51. The maximum Gasteiger partial charge on any atom is 0.291 e. The van der Waals surface area contributed by atoms with E-state index in [2.05, 4.69) is 42.0 Å². The van der Waals surface area contributed by atoms with Crippen molar-refractivity contribution in [1.29, 1.82) is 0 Å². The van der Waals surface area contributed by atoms with E-state index >= 15 is 0 Å². The van der Waals surface area contributed by atoms with Gasteiger partial charge in [-0.05, 0) is 75.0 Å². The normalized spacial score (nSPS) is 16.7. The molecule has 0 saturated carbocycles. The number of carbonyl (C=O) groups is 1. The number of hydrogen-bond acceptors (Lipinski definition) is 5. The maximum absolute atomic E-state index is 12.7. The van der Waals surface area contributed by atoms with E-state index < -0.39 is 0 Å². The van der Waals surface area contributed by atoms with Crippen LogP contribution in [0.4, 0.5) is 5.00 Å². The van der Waals surface area contributed by atoms with E-state index in [4.69, 9.17) is 4.42 Å². The molecule has 1 atom stereocenters. The summed E-state index contributed by atoms with van der Waals surface area (Å²) in [5.74, 6) is 0.864. The van der Waals surface area contributed by atoms with E-state index in [-0.39, 0.29) is 11.9 Å². The van der Waals surface area contributed by atoms with Gasteiger partial charge in [-0.3, -0.25) is 14.7 Å². The van der Waals surface area contributed by atoms with Crippen LogP contribution in [-0.4, -0.2) is 28.9 Å². The van der Waals surface area contributed by atoms with Crippen LogP contribution in [0.15, 0.2) is 47.3 Å². The molecule has 4 heterocycles. The topological polar surface area (TPSA) is 58.4 Å². The molecule has 0 bridgehead atoms. The van der Waals surface area contributed by atoms with Gasteiger partial charge in [0.15, 0.2) is 5.76 Å². The van der Waals surface area contributed by atoms with Crippen LogP contribution >= 0.6 is 11.3 Å². The average Bonchev–Trinajstić information content (AvgIpc) is 3.35. The number of hydrogen-bond donors (Lipinski definition) is 1. The van der Waals surface area contributed by atoms with Crippen molar-refractivity contribution >= 4 is 22.2 Å². The Hall–Kier alpha value is -2.44. The number of furan rings is 1. The summed E-state index contributed by atoms with van der Waals surface area (Å²) in [6.45, 7) is 8.68. The fourth-order valence-electron chi connectivity index (χ4n) is 4.02. The summed E-state index contributed by atoms with van der Waals surface area (Å²) < 4.78 is 5.29. The Morgan fingerprint density at radius 2 is 2.07 bits per heavy atom. The lowest BCUT2D eigenvalue weighted by Crippen LogP contribution is -2.37. The summed E-state index contributed by atoms with van der Waals surface area (Å²) >= 11 is 1.63. The molecule has 1 amide bonds. The molecule has 0 unspecified atom stereocenters. The minimum absolute atomic E-state index is 0.0769. The third-order valence-electron chi connectivity index (χ3n) is 5.86. The number of pyridine rings is 1. The van der Waals surface area contributed by atoms with E-state index in [9.17, 15) is 4.79 Å². The minimum atomic E-state index is -0.213. The van der Waals surface area contributed by atoms with Crippen LogP contribution in [0, 0.1) is 19.8 Å². The van der Waals surface area contributed by atoms with Crippen LogP contribution in [0.5, 0.6) is 0 Å². The van der Waals surface area contributed by atoms with Crippen molar-refractivity contribution in [3.05, 3.63) is 70.3 Å². The van der Waals surface area contributed by atoms with Gasteiger partial charge in [0.2, 0.25) is 0 Å². The lowest BCUT2D eigenvalue weighted by Gasteiger charge is -2.37. The summed E-state index contributed by atoms with van der Waals surface area (Å²) in [7, 11) is 0. The fraction of sp³-hybridized carbons (Fsp3) is 0.391. The number of piperidine rings is 1. The quantitative estimate of drug-likeness (QED) is 0.611. The Balaban J connectivity index is 1.75. The molecular formula is C23H27N3O2S. The highest BCUT2D eigenvalue weighted by atomic mass is 32.1. The van der Waals surface area contributed by atoms with Crippen LogP contribution in [0.1, 0.15) is 57.9 Å². The Morgan fingerprint density at radius 1 is 1.28 bits per heavy atom. The molecule has 5 nitrogen and oxygen atoms in total. The molecule has 152 valence electrons. The first-order chi connectivity index (χ1) is 14.0. The molecule has 1 N–H and O–H groups in total. The number of thiophene rings is 1. The van der Waals surface area contributed by atoms with Gasteiger partial charge in [0.25, 0.3) is 5.91 Å². The van der Waals surface area contributed by atoms with E-state index in [1.54, 1.807) is 23.5 Å². The van der Waals surface area contributed by atoms with Gasteiger partial charge < -0.3 is 9.73 Å². The van der Waals surface area contributed by atoms with Crippen LogP contribution in [0.25, 0.3) is 0 Å². The molecule has 4 rings (SSSR count). The molecule has 0 spiro atoms. The SMILES string of the molecule is Cc1sc(NC(=O)c2ccco2)c([C@@H](c2cccnc2)N2CCC(C)CC2)c1C. The number of rotatable bonds is 5. The average molecular weight is 410 g/mol. The zero-order chi connectivity index (χ0) is 20.4. The molecule has 6 heteroatoms. The monoisotopic (exact) mass is 409 g/mol. The predicted molar refractivity (Wildman–Crippen MR) is 117 cm³/mol. The zero-order valence-electron chi connectivity index (χ0n) is 17.1. The standard InChI is InChI=1S/C23H27N3O2S/c1-15-8-11-26(12-9-15)21(18-6-4-10-24-14-18)20-16(2)17(3)29-23(20)25-22(27)19-7-5-13-28-19/h4-7,10,13-15,21H,8-9,11-12H2,1-3H3,(H,25,27)/t21-/m1/s1. The van der Waals surface area contributed by atoms with E-state index in [1.165, 1.54) is 35.1 Å². The lowest BCUT2D eigenvalue weighted by atomic mass is 9.91.